The quantitative estimate of drug-likeness (QED) is 0.705. The number of ketones is 1. The van der Waals surface area contributed by atoms with Gasteiger partial charge in [0.2, 0.25) is 10.0 Å². The second-order valence-corrected chi connectivity index (χ2v) is 8.20. The van der Waals surface area contributed by atoms with Gasteiger partial charge in [-0.2, -0.15) is 0 Å². The molecule has 2 fully saturated rings. The van der Waals surface area contributed by atoms with Crippen LogP contribution >= 0.6 is 0 Å². The summed E-state index contributed by atoms with van der Waals surface area (Å²) in [5, 5.41) is 8.69. The van der Waals surface area contributed by atoms with Crippen molar-refractivity contribution in [1.29, 1.82) is 0 Å². The summed E-state index contributed by atoms with van der Waals surface area (Å²) in [6.07, 6.45) is 2.56. The van der Waals surface area contributed by atoms with Gasteiger partial charge < -0.3 is 5.11 Å². The third kappa shape index (κ3) is 2.34. The van der Waals surface area contributed by atoms with E-state index in [0.29, 0.717) is 25.2 Å². The lowest BCUT2D eigenvalue weighted by Crippen LogP contribution is -2.45. The zero-order valence-electron chi connectivity index (χ0n) is 11.6. The number of hydrogen-bond donors (Lipinski definition) is 2. The van der Waals surface area contributed by atoms with Crippen molar-refractivity contribution in [3.05, 3.63) is 0 Å². The summed E-state index contributed by atoms with van der Waals surface area (Å²) in [7, 11) is -3.47. The Kier molecular flexibility index (Phi) is 3.79. The zero-order valence-corrected chi connectivity index (χ0v) is 12.4. The Morgan fingerprint density at radius 2 is 2.11 bits per heavy atom. The highest BCUT2D eigenvalue weighted by Crippen LogP contribution is 2.64. The second-order valence-electron chi connectivity index (χ2n) is 6.40. The van der Waals surface area contributed by atoms with Crippen molar-refractivity contribution in [3.63, 3.8) is 0 Å². The van der Waals surface area contributed by atoms with Crippen LogP contribution in [0, 0.1) is 16.7 Å². The van der Waals surface area contributed by atoms with Crippen molar-refractivity contribution in [2.75, 3.05) is 18.9 Å². The Labute approximate surface area is 114 Å². The smallest absolute Gasteiger partial charge is 0.212 e. The number of fused-ring (bicyclic) bond motifs is 2. The Balaban J connectivity index is 2.15. The molecule has 2 unspecified atom stereocenters. The van der Waals surface area contributed by atoms with Gasteiger partial charge in [-0.1, -0.05) is 13.8 Å². The summed E-state index contributed by atoms with van der Waals surface area (Å²) in [4.78, 5) is 12.2. The van der Waals surface area contributed by atoms with E-state index in [1.165, 1.54) is 0 Å². The van der Waals surface area contributed by atoms with E-state index in [1.807, 2.05) is 13.8 Å². The van der Waals surface area contributed by atoms with Gasteiger partial charge in [-0.25, -0.2) is 13.1 Å². The number of aliphatic hydroxyl groups excluding tert-OH is 1. The minimum Gasteiger partial charge on any atom is -0.396 e. The first kappa shape index (κ1) is 14.9. The van der Waals surface area contributed by atoms with Crippen LogP contribution in [0.2, 0.25) is 0 Å². The molecule has 5 nitrogen and oxygen atoms in total. The fourth-order valence-corrected chi connectivity index (χ4v) is 5.67. The number of aliphatic hydroxyl groups is 1. The van der Waals surface area contributed by atoms with Crippen LogP contribution in [-0.4, -0.2) is 38.2 Å². The summed E-state index contributed by atoms with van der Waals surface area (Å²) < 4.78 is 26.7. The van der Waals surface area contributed by atoms with E-state index < -0.39 is 15.4 Å². The lowest BCUT2D eigenvalue weighted by atomic mass is 9.70. The molecule has 2 atom stereocenters. The number of rotatable bonds is 6. The van der Waals surface area contributed by atoms with Crippen LogP contribution in [0.1, 0.15) is 39.5 Å². The molecule has 0 spiro atoms. The van der Waals surface area contributed by atoms with Crippen LogP contribution in [0.5, 0.6) is 0 Å². The molecular weight excluding hydrogens is 266 g/mol. The molecular formula is C13H23NO4S. The molecule has 2 rings (SSSR count). The van der Waals surface area contributed by atoms with Crippen LogP contribution < -0.4 is 4.72 Å². The first-order valence-corrected chi connectivity index (χ1v) is 8.52. The number of sulfonamides is 1. The molecule has 0 aromatic carbocycles. The first-order chi connectivity index (χ1) is 8.75. The molecule has 0 amide bonds. The average Bonchev–Trinajstić information content (AvgIpc) is 2.62. The van der Waals surface area contributed by atoms with E-state index >= 15 is 0 Å². The van der Waals surface area contributed by atoms with Crippen molar-refractivity contribution >= 4 is 15.8 Å². The molecule has 2 N–H and O–H groups in total. The first-order valence-electron chi connectivity index (χ1n) is 6.87. The lowest BCUT2D eigenvalue weighted by Gasteiger charge is -2.36. The second kappa shape index (κ2) is 4.82. The van der Waals surface area contributed by atoms with Gasteiger partial charge in [-0.05, 0) is 30.6 Å². The summed E-state index contributed by atoms with van der Waals surface area (Å²) in [6, 6.07) is 0. The summed E-state index contributed by atoms with van der Waals surface area (Å²) in [5.41, 5.74) is -0.932. The van der Waals surface area contributed by atoms with Crippen molar-refractivity contribution < 1.29 is 18.3 Å². The molecule has 0 aromatic heterocycles. The predicted molar refractivity (Wildman–Crippen MR) is 72.1 cm³/mol. The highest BCUT2D eigenvalue weighted by molar-refractivity contribution is 7.89. The molecule has 0 heterocycles. The van der Waals surface area contributed by atoms with Crippen molar-refractivity contribution in [3.8, 4) is 0 Å². The standard InChI is InChI=1S/C13H23NO4S/c1-12(2)10-4-5-13(12,11(16)8-10)9-19(17,18)14-6-3-7-15/h10,14-15H,3-9H2,1-2H3. The van der Waals surface area contributed by atoms with Gasteiger partial charge in [0.05, 0.1) is 5.75 Å². The van der Waals surface area contributed by atoms with Crippen LogP contribution in [0.4, 0.5) is 0 Å². The Morgan fingerprint density at radius 3 is 2.58 bits per heavy atom. The average molecular weight is 289 g/mol. The Morgan fingerprint density at radius 1 is 1.42 bits per heavy atom. The molecule has 2 saturated carbocycles. The van der Waals surface area contributed by atoms with Gasteiger partial charge in [-0.15, -0.1) is 0 Å². The van der Waals surface area contributed by atoms with E-state index in [1.54, 1.807) is 0 Å². The maximum absolute atomic E-state index is 12.2. The van der Waals surface area contributed by atoms with Gasteiger partial charge in [-0.3, -0.25) is 4.79 Å². The highest BCUT2D eigenvalue weighted by Gasteiger charge is 2.65. The zero-order chi connectivity index (χ0) is 14.3. The molecule has 2 aliphatic rings. The van der Waals surface area contributed by atoms with Crippen molar-refractivity contribution in [2.24, 2.45) is 16.7 Å². The normalized spacial score (nSPS) is 33.0. The third-order valence-corrected chi connectivity index (χ3v) is 6.75. The molecule has 0 radical (unpaired) electrons. The fraction of sp³-hybridized carbons (Fsp3) is 0.923. The van der Waals surface area contributed by atoms with E-state index in [-0.39, 0.29) is 30.1 Å². The SMILES string of the molecule is CC1(C)C2CCC1(CS(=O)(=O)NCCCO)C(=O)C2. The lowest BCUT2D eigenvalue weighted by molar-refractivity contribution is -0.128. The monoisotopic (exact) mass is 289 g/mol. The number of carbonyl (C=O) groups is 1. The molecule has 6 heteroatoms. The maximum atomic E-state index is 12.2. The van der Waals surface area contributed by atoms with Crippen molar-refractivity contribution in [2.45, 2.75) is 39.5 Å². The van der Waals surface area contributed by atoms with E-state index in [0.717, 1.165) is 6.42 Å². The molecule has 0 aromatic rings. The summed E-state index contributed by atoms with van der Waals surface area (Å²) in [5.74, 6) is 0.335. The van der Waals surface area contributed by atoms with E-state index in [4.69, 9.17) is 5.11 Å². The maximum Gasteiger partial charge on any atom is 0.212 e. The Bertz CT molecular complexity index is 471. The molecule has 110 valence electrons. The van der Waals surface area contributed by atoms with Crippen LogP contribution in [0.25, 0.3) is 0 Å². The largest absolute Gasteiger partial charge is 0.396 e. The number of carbonyl (C=O) groups excluding carboxylic acids is 1. The fourth-order valence-electron chi connectivity index (χ4n) is 3.79. The summed E-state index contributed by atoms with van der Waals surface area (Å²) >= 11 is 0. The highest BCUT2D eigenvalue weighted by atomic mass is 32.2. The molecule has 2 bridgehead atoms. The van der Waals surface area contributed by atoms with Crippen molar-refractivity contribution in [1.82, 2.24) is 4.72 Å². The summed E-state index contributed by atoms with van der Waals surface area (Å²) in [6.45, 7) is 4.24. The minimum absolute atomic E-state index is 0.0415. The number of Topliss-reactive ketones (excluding diaryl/α,β-unsaturated/α-hetero) is 1. The molecule has 0 aliphatic heterocycles. The van der Waals surface area contributed by atoms with E-state index in [9.17, 15) is 13.2 Å². The topological polar surface area (TPSA) is 83.5 Å². The van der Waals surface area contributed by atoms with Gasteiger partial charge in [0, 0.05) is 25.0 Å². The van der Waals surface area contributed by atoms with Crippen LogP contribution in [-0.2, 0) is 14.8 Å². The van der Waals surface area contributed by atoms with Gasteiger partial charge in [0.15, 0.2) is 0 Å². The third-order valence-electron chi connectivity index (χ3n) is 5.23. The van der Waals surface area contributed by atoms with Gasteiger partial charge >= 0.3 is 0 Å². The van der Waals surface area contributed by atoms with Gasteiger partial charge in [0.25, 0.3) is 0 Å². The van der Waals surface area contributed by atoms with Crippen LogP contribution in [0.15, 0.2) is 0 Å². The molecule has 2 aliphatic carbocycles. The number of nitrogens with one attached hydrogen (secondary N) is 1. The predicted octanol–water partition coefficient (Wildman–Crippen LogP) is 0.684. The van der Waals surface area contributed by atoms with E-state index in [2.05, 4.69) is 4.72 Å². The number of hydrogen-bond acceptors (Lipinski definition) is 4. The van der Waals surface area contributed by atoms with Crippen LogP contribution in [0.3, 0.4) is 0 Å². The minimum atomic E-state index is -3.47. The Hall–Kier alpha value is -0.460. The molecule has 19 heavy (non-hydrogen) atoms. The molecule has 0 saturated heterocycles. The van der Waals surface area contributed by atoms with Gasteiger partial charge in [0.1, 0.15) is 5.78 Å².